The van der Waals surface area contributed by atoms with E-state index < -0.39 is 17.9 Å². The molecule has 2 N–H and O–H groups in total. The summed E-state index contributed by atoms with van der Waals surface area (Å²) >= 11 is 6.68. The molecular formula is C12H15ClN2O3S. The molecule has 1 atom stereocenters. The van der Waals surface area contributed by atoms with Crippen molar-refractivity contribution in [1.29, 1.82) is 0 Å². The molecule has 1 aromatic heterocycles. The summed E-state index contributed by atoms with van der Waals surface area (Å²) in [6.45, 7) is 5.81. The summed E-state index contributed by atoms with van der Waals surface area (Å²) in [7, 11) is 0. The van der Waals surface area contributed by atoms with E-state index in [-0.39, 0.29) is 15.6 Å². The van der Waals surface area contributed by atoms with Crippen molar-refractivity contribution in [3.63, 3.8) is 0 Å². The molecule has 104 valence electrons. The number of nitrogens with one attached hydrogen (secondary N) is 1. The number of nitrogens with zero attached hydrogens (tertiary/aromatic N) is 1. The molecular weight excluding hydrogens is 288 g/mol. The van der Waals surface area contributed by atoms with Gasteiger partial charge in [-0.15, -0.1) is 11.3 Å². The van der Waals surface area contributed by atoms with Crippen LogP contribution in [0.4, 0.5) is 0 Å². The number of carboxylic acid groups (broad SMARTS) is 1. The van der Waals surface area contributed by atoms with Crippen molar-refractivity contribution >= 4 is 34.8 Å². The minimum atomic E-state index is -1.13. The highest BCUT2D eigenvalue weighted by Crippen LogP contribution is 2.16. The van der Waals surface area contributed by atoms with Gasteiger partial charge in [-0.25, -0.2) is 9.78 Å². The molecule has 0 unspecified atom stereocenters. The van der Waals surface area contributed by atoms with Gasteiger partial charge in [-0.05, 0) is 5.41 Å². The van der Waals surface area contributed by atoms with Crippen molar-refractivity contribution < 1.29 is 14.7 Å². The van der Waals surface area contributed by atoms with Crippen LogP contribution in [0.5, 0.6) is 0 Å². The quantitative estimate of drug-likeness (QED) is 0.838. The van der Waals surface area contributed by atoms with Gasteiger partial charge in [-0.2, -0.15) is 0 Å². The van der Waals surface area contributed by atoms with Crippen molar-refractivity contribution in [3.05, 3.63) is 27.7 Å². The predicted octanol–water partition coefficient (Wildman–Crippen LogP) is 2.58. The van der Waals surface area contributed by atoms with E-state index in [1.54, 1.807) is 6.08 Å². The lowest BCUT2D eigenvalue weighted by Crippen LogP contribution is -2.39. The van der Waals surface area contributed by atoms with Crippen LogP contribution in [0.3, 0.4) is 0 Å². The third-order valence-electron chi connectivity index (χ3n) is 2.01. The zero-order valence-corrected chi connectivity index (χ0v) is 12.4. The Morgan fingerprint density at radius 1 is 1.53 bits per heavy atom. The molecule has 0 spiro atoms. The number of hydrogen-bond acceptors (Lipinski definition) is 4. The summed E-state index contributed by atoms with van der Waals surface area (Å²) in [5.74, 6) is -1.68. The maximum Gasteiger partial charge on any atom is 0.330 e. The molecule has 19 heavy (non-hydrogen) atoms. The lowest BCUT2D eigenvalue weighted by molar-refractivity contribution is -0.137. The molecule has 0 saturated heterocycles. The minimum absolute atomic E-state index is 0.139. The van der Waals surface area contributed by atoms with Gasteiger partial charge in [0.25, 0.3) is 5.91 Å². The second-order valence-electron chi connectivity index (χ2n) is 4.99. The first-order valence-electron chi connectivity index (χ1n) is 5.53. The van der Waals surface area contributed by atoms with Crippen molar-refractivity contribution in [2.24, 2.45) is 5.41 Å². The number of halogens is 1. The first-order valence-corrected chi connectivity index (χ1v) is 6.79. The minimum Gasteiger partial charge on any atom is -0.479 e. The summed E-state index contributed by atoms with van der Waals surface area (Å²) in [4.78, 5) is 26.6. The molecule has 1 amide bonds. The molecule has 1 aromatic rings. The molecule has 7 heteroatoms. The smallest absolute Gasteiger partial charge is 0.330 e. The van der Waals surface area contributed by atoms with Crippen LogP contribution < -0.4 is 5.32 Å². The van der Waals surface area contributed by atoms with Crippen LogP contribution in [0, 0.1) is 5.41 Å². The molecule has 1 rings (SSSR count). The maximum absolute atomic E-state index is 11.8. The molecule has 0 aliphatic heterocycles. The van der Waals surface area contributed by atoms with Gasteiger partial charge in [0.2, 0.25) is 0 Å². The lowest BCUT2D eigenvalue weighted by atomic mass is 9.95. The Balaban J connectivity index is 2.77. The fourth-order valence-electron chi connectivity index (χ4n) is 1.14. The van der Waals surface area contributed by atoms with Gasteiger partial charge in [-0.1, -0.05) is 44.5 Å². The first-order chi connectivity index (χ1) is 8.69. The summed E-state index contributed by atoms with van der Waals surface area (Å²) in [5, 5.41) is 13.3. The number of carboxylic acids is 1. The van der Waals surface area contributed by atoms with E-state index in [0.717, 1.165) is 11.3 Å². The van der Waals surface area contributed by atoms with E-state index in [1.165, 1.54) is 11.5 Å². The van der Waals surface area contributed by atoms with Crippen molar-refractivity contribution in [2.45, 2.75) is 26.8 Å². The van der Waals surface area contributed by atoms with Crippen LogP contribution in [0.15, 0.2) is 17.5 Å². The first kappa shape index (κ1) is 15.7. The third-order valence-corrected chi connectivity index (χ3v) is 3.18. The van der Waals surface area contributed by atoms with E-state index in [4.69, 9.17) is 16.7 Å². The van der Waals surface area contributed by atoms with Crippen LogP contribution >= 0.6 is 22.9 Å². The number of hydrogen-bond donors (Lipinski definition) is 2. The second kappa shape index (κ2) is 6.16. The molecule has 0 fully saturated rings. The summed E-state index contributed by atoms with van der Waals surface area (Å²) < 4.78 is 0. The van der Waals surface area contributed by atoms with E-state index in [9.17, 15) is 9.59 Å². The molecule has 0 aliphatic rings. The Kier molecular flexibility index (Phi) is 5.08. The van der Waals surface area contributed by atoms with Gasteiger partial charge in [0, 0.05) is 5.38 Å². The number of carbonyl (C=O) groups excluding carboxylic acids is 1. The van der Waals surface area contributed by atoms with Crippen LogP contribution in [0.2, 0.25) is 5.15 Å². The molecule has 0 bridgehead atoms. The number of thiazole rings is 1. The largest absolute Gasteiger partial charge is 0.479 e. The summed E-state index contributed by atoms with van der Waals surface area (Å²) in [6.07, 6.45) is 3.19. The lowest BCUT2D eigenvalue weighted by Gasteiger charge is -2.14. The van der Waals surface area contributed by atoms with Crippen LogP contribution in [-0.4, -0.2) is 28.0 Å². The van der Waals surface area contributed by atoms with Gasteiger partial charge in [0.15, 0.2) is 5.01 Å². The van der Waals surface area contributed by atoms with Gasteiger partial charge in [-0.3, -0.25) is 4.79 Å². The standard InChI is InChI=1S/C12H15ClN2O3S/c1-12(2,3)5-4-7(11(17)18)14-9(16)10-15-8(13)6-19-10/h4-7H,1-3H3,(H,14,16)(H,17,18)/b5-4+/t7-/m1/s1. The van der Waals surface area contributed by atoms with Gasteiger partial charge < -0.3 is 10.4 Å². The number of carbonyl (C=O) groups is 2. The highest BCUT2D eigenvalue weighted by Gasteiger charge is 2.20. The molecule has 5 nitrogen and oxygen atoms in total. The van der Waals surface area contributed by atoms with Crippen molar-refractivity contribution in [2.75, 3.05) is 0 Å². The topological polar surface area (TPSA) is 79.3 Å². The number of amides is 1. The maximum atomic E-state index is 11.8. The van der Waals surface area contributed by atoms with Crippen molar-refractivity contribution in [3.8, 4) is 0 Å². The van der Waals surface area contributed by atoms with Gasteiger partial charge in [0.1, 0.15) is 11.2 Å². The molecule has 0 saturated carbocycles. The number of aromatic nitrogens is 1. The predicted molar refractivity (Wildman–Crippen MR) is 74.6 cm³/mol. The average molecular weight is 303 g/mol. The Morgan fingerprint density at radius 2 is 2.16 bits per heavy atom. The number of aliphatic carboxylic acids is 1. The Bertz CT molecular complexity index is 505. The average Bonchev–Trinajstić information content (AvgIpc) is 2.69. The highest BCUT2D eigenvalue weighted by atomic mass is 35.5. The Labute approximate surface area is 120 Å². The Hall–Kier alpha value is -1.40. The SMILES string of the molecule is CC(C)(C)/C=C/[C@@H](NC(=O)c1nc(Cl)cs1)C(=O)O. The monoisotopic (exact) mass is 302 g/mol. The fraction of sp³-hybridized carbons (Fsp3) is 0.417. The van der Waals surface area contributed by atoms with Crippen LogP contribution in [0.25, 0.3) is 0 Å². The normalized spacial score (nSPS) is 13.5. The Morgan fingerprint density at radius 3 is 2.58 bits per heavy atom. The third kappa shape index (κ3) is 5.40. The summed E-state index contributed by atoms with van der Waals surface area (Å²) in [6, 6.07) is -1.09. The molecule has 1 heterocycles. The highest BCUT2D eigenvalue weighted by molar-refractivity contribution is 7.12. The molecule has 0 radical (unpaired) electrons. The fourth-order valence-corrected chi connectivity index (χ4v) is 1.99. The summed E-state index contributed by atoms with van der Waals surface area (Å²) in [5.41, 5.74) is -0.164. The van der Waals surface area contributed by atoms with Crippen LogP contribution in [0.1, 0.15) is 30.6 Å². The van der Waals surface area contributed by atoms with E-state index in [1.807, 2.05) is 20.8 Å². The van der Waals surface area contributed by atoms with Crippen molar-refractivity contribution in [1.82, 2.24) is 10.3 Å². The molecule has 0 aliphatic carbocycles. The van der Waals surface area contributed by atoms with Crippen LogP contribution in [-0.2, 0) is 4.79 Å². The van der Waals surface area contributed by atoms with Gasteiger partial charge in [0.05, 0.1) is 0 Å². The number of rotatable bonds is 4. The number of allylic oxidation sites excluding steroid dienone is 1. The van der Waals surface area contributed by atoms with E-state index >= 15 is 0 Å². The zero-order chi connectivity index (χ0) is 14.6. The zero-order valence-electron chi connectivity index (χ0n) is 10.8. The van der Waals surface area contributed by atoms with E-state index in [2.05, 4.69) is 10.3 Å². The molecule has 0 aromatic carbocycles. The second-order valence-corrected chi connectivity index (χ2v) is 6.24. The van der Waals surface area contributed by atoms with E-state index in [0.29, 0.717) is 0 Å². The van der Waals surface area contributed by atoms with Gasteiger partial charge >= 0.3 is 5.97 Å².